The van der Waals surface area contributed by atoms with Crippen molar-refractivity contribution in [3.05, 3.63) is 35.4 Å². The van der Waals surface area contributed by atoms with Gasteiger partial charge < -0.3 is 9.80 Å². The Bertz CT molecular complexity index is 536. The van der Waals surface area contributed by atoms with Crippen LogP contribution in [-0.2, 0) is 4.79 Å². The molecule has 0 aliphatic carbocycles. The predicted octanol–water partition coefficient (Wildman–Crippen LogP) is 1.73. The third-order valence-electron chi connectivity index (χ3n) is 3.97. The van der Waals surface area contributed by atoms with E-state index < -0.39 is 17.8 Å². The van der Waals surface area contributed by atoms with E-state index in [1.54, 1.807) is 11.8 Å². The van der Waals surface area contributed by atoms with Gasteiger partial charge in [-0.1, -0.05) is 6.07 Å². The molecule has 1 aromatic carbocycles. The van der Waals surface area contributed by atoms with Gasteiger partial charge in [0, 0.05) is 12.6 Å². The van der Waals surface area contributed by atoms with Crippen LogP contribution in [0.25, 0.3) is 0 Å². The molecule has 21 heavy (non-hydrogen) atoms. The molecule has 1 aliphatic heterocycles. The van der Waals surface area contributed by atoms with Gasteiger partial charge in [0.1, 0.15) is 6.17 Å². The summed E-state index contributed by atoms with van der Waals surface area (Å²) in [6, 6.07) is 3.57. The first-order valence-electron chi connectivity index (χ1n) is 6.99. The second kappa shape index (κ2) is 6.07. The Morgan fingerprint density at radius 2 is 2.00 bits per heavy atom. The number of amides is 1. The summed E-state index contributed by atoms with van der Waals surface area (Å²) in [5, 5.41) is 3.13. The van der Waals surface area contributed by atoms with Crippen molar-refractivity contribution >= 4 is 5.91 Å². The minimum atomic E-state index is -0.901. The number of hydrogen-bond acceptors (Lipinski definition) is 3. The maximum Gasteiger partial charge on any atom is 0.241 e. The van der Waals surface area contributed by atoms with Crippen molar-refractivity contribution in [2.45, 2.75) is 32.1 Å². The summed E-state index contributed by atoms with van der Waals surface area (Å²) in [5.41, 5.74) is 0.553. The van der Waals surface area contributed by atoms with Crippen molar-refractivity contribution in [2.24, 2.45) is 0 Å². The number of carbonyl (C=O) groups is 1. The molecule has 1 saturated heterocycles. The largest absolute Gasteiger partial charge is 0.320 e. The molecule has 1 aliphatic rings. The fraction of sp³-hybridized carbons (Fsp3) is 0.533. The van der Waals surface area contributed by atoms with Gasteiger partial charge in [0.05, 0.1) is 6.04 Å². The molecular weight excluding hydrogens is 276 g/mol. The molecule has 1 fully saturated rings. The quantitative estimate of drug-likeness (QED) is 0.919. The fourth-order valence-corrected chi connectivity index (χ4v) is 2.38. The lowest BCUT2D eigenvalue weighted by Crippen LogP contribution is -2.41. The van der Waals surface area contributed by atoms with Crippen molar-refractivity contribution in [1.82, 2.24) is 15.1 Å². The van der Waals surface area contributed by atoms with Crippen LogP contribution in [0.3, 0.4) is 0 Å². The highest BCUT2D eigenvalue weighted by atomic mass is 19.2. The van der Waals surface area contributed by atoms with Gasteiger partial charge in [0.15, 0.2) is 11.6 Å². The van der Waals surface area contributed by atoms with E-state index in [2.05, 4.69) is 5.32 Å². The van der Waals surface area contributed by atoms with E-state index in [0.29, 0.717) is 12.1 Å². The molecule has 0 aromatic heterocycles. The Kier molecular flexibility index (Phi) is 4.58. The number of nitrogens with one attached hydrogen (secondary N) is 1. The molecule has 0 bridgehead atoms. The minimum absolute atomic E-state index is 0.0292. The number of hydrogen-bond donors (Lipinski definition) is 1. The summed E-state index contributed by atoms with van der Waals surface area (Å²) in [7, 11) is 3.88. The van der Waals surface area contributed by atoms with Gasteiger partial charge >= 0.3 is 0 Å². The summed E-state index contributed by atoms with van der Waals surface area (Å²) >= 11 is 0. The Morgan fingerprint density at radius 3 is 2.57 bits per heavy atom. The molecule has 0 radical (unpaired) electrons. The van der Waals surface area contributed by atoms with Crippen molar-refractivity contribution in [2.75, 3.05) is 20.6 Å². The molecular formula is C15H21F2N3O. The van der Waals surface area contributed by atoms with Crippen LogP contribution in [0.4, 0.5) is 8.78 Å². The highest BCUT2D eigenvalue weighted by molar-refractivity contribution is 5.84. The van der Waals surface area contributed by atoms with Crippen molar-refractivity contribution in [3.63, 3.8) is 0 Å². The number of benzene rings is 1. The molecule has 6 heteroatoms. The molecule has 0 spiro atoms. The minimum Gasteiger partial charge on any atom is -0.320 e. The smallest absolute Gasteiger partial charge is 0.241 e. The Hall–Kier alpha value is -1.53. The summed E-state index contributed by atoms with van der Waals surface area (Å²) in [6.07, 6.45) is -0.426. The van der Waals surface area contributed by atoms with Gasteiger partial charge in [-0.15, -0.1) is 0 Å². The van der Waals surface area contributed by atoms with Crippen LogP contribution >= 0.6 is 0 Å². The van der Waals surface area contributed by atoms with Crippen LogP contribution in [0.2, 0.25) is 0 Å². The van der Waals surface area contributed by atoms with Crippen LogP contribution in [0, 0.1) is 11.6 Å². The molecule has 1 N–H and O–H groups in total. The van der Waals surface area contributed by atoms with Crippen molar-refractivity contribution < 1.29 is 13.6 Å². The average Bonchev–Trinajstić information content (AvgIpc) is 2.70. The van der Waals surface area contributed by atoms with E-state index in [9.17, 15) is 13.6 Å². The van der Waals surface area contributed by atoms with Crippen molar-refractivity contribution in [3.8, 4) is 0 Å². The molecule has 3 atom stereocenters. The maximum atomic E-state index is 13.4. The molecule has 1 aromatic rings. The first-order chi connectivity index (χ1) is 9.81. The molecule has 1 heterocycles. The zero-order valence-corrected chi connectivity index (χ0v) is 12.7. The molecule has 2 rings (SSSR count). The van der Waals surface area contributed by atoms with Crippen LogP contribution in [0.1, 0.15) is 25.6 Å². The summed E-state index contributed by atoms with van der Waals surface area (Å²) < 4.78 is 26.5. The highest BCUT2D eigenvalue weighted by Crippen LogP contribution is 2.26. The van der Waals surface area contributed by atoms with E-state index in [-0.39, 0.29) is 18.0 Å². The first-order valence-corrected chi connectivity index (χ1v) is 6.99. The van der Waals surface area contributed by atoms with Gasteiger partial charge in [-0.3, -0.25) is 10.1 Å². The van der Waals surface area contributed by atoms with Gasteiger partial charge in [0.25, 0.3) is 0 Å². The van der Waals surface area contributed by atoms with Gasteiger partial charge in [-0.2, -0.15) is 0 Å². The van der Waals surface area contributed by atoms with Crippen LogP contribution in [0.15, 0.2) is 18.2 Å². The van der Waals surface area contributed by atoms with E-state index >= 15 is 0 Å². The topological polar surface area (TPSA) is 35.6 Å². The number of nitrogens with zero attached hydrogens (tertiary/aromatic N) is 2. The van der Waals surface area contributed by atoms with Gasteiger partial charge in [-0.25, -0.2) is 8.78 Å². The van der Waals surface area contributed by atoms with E-state index in [4.69, 9.17) is 0 Å². The van der Waals surface area contributed by atoms with E-state index in [1.165, 1.54) is 6.07 Å². The van der Waals surface area contributed by atoms with E-state index in [0.717, 1.165) is 12.1 Å². The highest BCUT2D eigenvalue weighted by Gasteiger charge is 2.38. The van der Waals surface area contributed by atoms with Crippen LogP contribution in [-0.4, -0.2) is 48.4 Å². The number of carbonyl (C=O) groups excluding carboxylic acids is 1. The molecule has 1 amide bonds. The van der Waals surface area contributed by atoms with Crippen molar-refractivity contribution in [1.29, 1.82) is 0 Å². The Morgan fingerprint density at radius 1 is 1.33 bits per heavy atom. The fourth-order valence-electron chi connectivity index (χ4n) is 2.38. The summed E-state index contributed by atoms with van der Waals surface area (Å²) in [6.45, 7) is 4.31. The maximum absolute atomic E-state index is 13.4. The lowest BCUT2D eigenvalue weighted by Gasteiger charge is -2.30. The Labute approximate surface area is 123 Å². The van der Waals surface area contributed by atoms with Gasteiger partial charge in [0.2, 0.25) is 5.91 Å². The van der Waals surface area contributed by atoms with Gasteiger partial charge in [-0.05, 0) is 45.6 Å². The third kappa shape index (κ3) is 3.22. The molecule has 0 saturated carbocycles. The first kappa shape index (κ1) is 15.9. The zero-order chi connectivity index (χ0) is 15.7. The lowest BCUT2D eigenvalue weighted by atomic mass is 10.1. The second-order valence-electron chi connectivity index (χ2n) is 5.77. The second-order valence-corrected chi connectivity index (χ2v) is 5.77. The molecule has 4 nitrogen and oxygen atoms in total. The third-order valence-corrected chi connectivity index (χ3v) is 3.97. The van der Waals surface area contributed by atoms with E-state index in [1.807, 2.05) is 25.9 Å². The van der Waals surface area contributed by atoms with Crippen LogP contribution < -0.4 is 5.32 Å². The summed E-state index contributed by atoms with van der Waals surface area (Å²) in [4.78, 5) is 16.0. The Balaban J connectivity index is 2.27. The molecule has 116 valence electrons. The normalized spacial score (nSPS) is 24.0. The number of likely N-dealkylation sites (N-methyl/N-ethyl adjacent to an activating group) is 1. The monoisotopic (exact) mass is 297 g/mol. The number of rotatable bonds is 4. The lowest BCUT2D eigenvalue weighted by molar-refractivity contribution is -0.130. The standard InChI is InChI=1S/C15H21F2N3O/c1-9(19(3)4)8-20-14(18-10(2)15(20)21)11-5-6-12(16)13(17)7-11/h5-7,9-10,14,18H,8H2,1-4H3. The average molecular weight is 297 g/mol. The number of halogens is 2. The van der Waals surface area contributed by atoms with Crippen LogP contribution in [0.5, 0.6) is 0 Å². The predicted molar refractivity (Wildman–Crippen MR) is 76.6 cm³/mol. The summed E-state index contributed by atoms with van der Waals surface area (Å²) in [5.74, 6) is -1.82. The zero-order valence-electron chi connectivity index (χ0n) is 12.7. The SMILES string of the molecule is CC1NC(c2ccc(F)c(F)c2)N(CC(C)N(C)C)C1=O. The molecule has 3 unspecified atom stereocenters.